The SMILES string of the molecule is N#C/C(=C/Nc1ccc(O)cc1)C(=O)Nc1ccccc1C(F)(F)F. The van der Waals surface area contributed by atoms with Crippen LogP contribution in [0.5, 0.6) is 5.75 Å². The van der Waals surface area contributed by atoms with Crippen LogP contribution >= 0.6 is 0 Å². The standard InChI is InChI=1S/C17H12F3N3O2/c18-17(19,20)14-3-1-2-4-15(14)23-16(25)11(9-21)10-22-12-5-7-13(24)8-6-12/h1-8,10,22,24H,(H,23,25)/b11-10-. The number of nitrogens with zero attached hydrogens (tertiary/aromatic N) is 1. The van der Waals surface area contributed by atoms with Crippen LogP contribution in [0.1, 0.15) is 5.56 Å². The minimum Gasteiger partial charge on any atom is -0.508 e. The second-order valence-electron chi connectivity index (χ2n) is 4.86. The summed E-state index contributed by atoms with van der Waals surface area (Å²) in [7, 11) is 0. The van der Waals surface area contributed by atoms with Crippen LogP contribution in [0.4, 0.5) is 24.5 Å². The number of nitrogens with one attached hydrogen (secondary N) is 2. The molecule has 8 heteroatoms. The lowest BCUT2D eigenvalue weighted by atomic mass is 10.1. The molecule has 2 aromatic carbocycles. The van der Waals surface area contributed by atoms with Crippen LogP contribution in [-0.2, 0) is 11.0 Å². The minimum atomic E-state index is -4.63. The quantitative estimate of drug-likeness (QED) is 0.445. The van der Waals surface area contributed by atoms with Crippen molar-refractivity contribution >= 4 is 17.3 Å². The third-order valence-electron chi connectivity index (χ3n) is 3.10. The first-order valence-corrected chi connectivity index (χ1v) is 6.94. The van der Waals surface area contributed by atoms with Crippen molar-refractivity contribution in [1.29, 1.82) is 5.26 Å². The minimum absolute atomic E-state index is 0.0385. The van der Waals surface area contributed by atoms with E-state index in [1.165, 1.54) is 36.4 Å². The molecule has 0 radical (unpaired) electrons. The molecule has 0 aliphatic carbocycles. The normalized spacial score (nSPS) is 11.5. The van der Waals surface area contributed by atoms with E-state index in [4.69, 9.17) is 5.26 Å². The number of phenolic OH excluding ortho intramolecular Hbond substituents is 1. The molecule has 3 N–H and O–H groups in total. The zero-order chi connectivity index (χ0) is 18.4. The van der Waals surface area contributed by atoms with Crippen LogP contribution in [-0.4, -0.2) is 11.0 Å². The fraction of sp³-hybridized carbons (Fsp3) is 0.0588. The van der Waals surface area contributed by atoms with E-state index < -0.39 is 28.9 Å². The number of hydrogen-bond donors (Lipinski definition) is 3. The molecule has 0 aliphatic rings. The summed E-state index contributed by atoms with van der Waals surface area (Å²) in [6.45, 7) is 0. The summed E-state index contributed by atoms with van der Waals surface area (Å²) in [6, 6.07) is 11.9. The Morgan fingerprint density at radius 2 is 1.76 bits per heavy atom. The highest BCUT2D eigenvalue weighted by molar-refractivity contribution is 6.07. The van der Waals surface area contributed by atoms with E-state index in [1.807, 2.05) is 0 Å². The molecule has 0 saturated heterocycles. The summed E-state index contributed by atoms with van der Waals surface area (Å²) >= 11 is 0. The van der Waals surface area contributed by atoms with Gasteiger partial charge in [-0.3, -0.25) is 4.79 Å². The van der Waals surface area contributed by atoms with Gasteiger partial charge >= 0.3 is 6.18 Å². The number of aromatic hydroxyl groups is 1. The number of hydrogen-bond acceptors (Lipinski definition) is 4. The fourth-order valence-electron chi connectivity index (χ4n) is 1.89. The molecule has 0 aliphatic heterocycles. The highest BCUT2D eigenvalue weighted by atomic mass is 19.4. The number of nitriles is 1. The number of anilines is 2. The van der Waals surface area contributed by atoms with Crippen LogP contribution in [0.25, 0.3) is 0 Å². The Kier molecular flexibility index (Phi) is 5.29. The van der Waals surface area contributed by atoms with E-state index in [0.717, 1.165) is 18.3 Å². The first-order valence-electron chi connectivity index (χ1n) is 6.94. The predicted molar refractivity (Wildman–Crippen MR) is 85.5 cm³/mol. The average Bonchev–Trinajstić information content (AvgIpc) is 2.56. The molecule has 0 atom stereocenters. The van der Waals surface area contributed by atoms with Gasteiger partial charge in [-0.2, -0.15) is 18.4 Å². The lowest BCUT2D eigenvalue weighted by Gasteiger charge is -2.13. The van der Waals surface area contributed by atoms with Crippen LogP contribution in [0.3, 0.4) is 0 Å². The zero-order valence-corrected chi connectivity index (χ0v) is 12.6. The van der Waals surface area contributed by atoms with Crippen LogP contribution in [0.2, 0.25) is 0 Å². The van der Waals surface area contributed by atoms with Gasteiger partial charge in [-0.15, -0.1) is 0 Å². The Labute approximate surface area is 141 Å². The van der Waals surface area contributed by atoms with Crippen molar-refractivity contribution in [2.24, 2.45) is 0 Å². The predicted octanol–water partition coefficient (Wildman–Crippen LogP) is 3.87. The molecule has 0 saturated carbocycles. The maximum absolute atomic E-state index is 12.9. The molecule has 2 aromatic rings. The largest absolute Gasteiger partial charge is 0.508 e. The molecule has 128 valence electrons. The van der Waals surface area contributed by atoms with Gasteiger partial charge in [0.15, 0.2) is 0 Å². The number of halogens is 3. The summed E-state index contributed by atoms with van der Waals surface area (Å²) in [6.07, 6.45) is -3.57. The van der Waals surface area contributed by atoms with Crippen LogP contribution in [0.15, 0.2) is 60.3 Å². The van der Waals surface area contributed by atoms with Gasteiger partial charge in [-0.05, 0) is 36.4 Å². The number of amides is 1. The van der Waals surface area contributed by atoms with Gasteiger partial charge in [-0.1, -0.05) is 12.1 Å². The van der Waals surface area contributed by atoms with Gasteiger partial charge in [0, 0.05) is 11.9 Å². The highest BCUT2D eigenvalue weighted by Crippen LogP contribution is 2.34. The second-order valence-corrected chi connectivity index (χ2v) is 4.86. The molecule has 0 bridgehead atoms. The second kappa shape index (κ2) is 7.40. The topological polar surface area (TPSA) is 85.2 Å². The first kappa shape index (κ1) is 17.9. The summed E-state index contributed by atoms with van der Waals surface area (Å²) in [5, 5.41) is 23.0. The van der Waals surface area contributed by atoms with Gasteiger partial charge in [0.05, 0.1) is 11.3 Å². The summed E-state index contributed by atoms with van der Waals surface area (Å²) < 4.78 is 38.8. The molecule has 1 amide bonds. The number of carbonyl (C=O) groups is 1. The number of phenols is 1. The van der Waals surface area contributed by atoms with Crippen molar-refractivity contribution in [3.05, 3.63) is 65.9 Å². The number of carbonyl (C=O) groups excluding carboxylic acids is 1. The molecule has 0 spiro atoms. The Morgan fingerprint density at radius 3 is 2.36 bits per heavy atom. The molecule has 2 rings (SSSR count). The molecule has 0 unspecified atom stereocenters. The van der Waals surface area contributed by atoms with E-state index in [9.17, 15) is 23.1 Å². The van der Waals surface area contributed by atoms with Crippen molar-refractivity contribution < 1.29 is 23.1 Å². The van der Waals surface area contributed by atoms with Crippen LogP contribution in [0, 0.1) is 11.3 Å². The molecule has 0 aromatic heterocycles. The lowest BCUT2D eigenvalue weighted by molar-refractivity contribution is -0.137. The third-order valence-corrected chi connectivity index (χ3v) is 3.10. The van der Waals surface area contributed by atoms with E-state index in [1.54, 1.807) is 6.07 Å². The monoisotopic (exact) mass is 347 g/mol. The fourth-order valence-corrected chi connectivity index (χ4v) is 1.89. The summed E-state index contributed by atoms with van der Waals surface area (Å²) in [5.41, 5.74) is -1.38. The van der Waals surface area contributed by atoms with E-state index in [0.29, 0.717) is 5.69 Å². The summed E-state index contributed by atoms with van der Waals surface area (Å²) in [5.74, 6) is -0.943. The van der Waals surface area contributed by atoms with Crippen molar-refractivity contribution in [2.45, 2.75) is 6.18 Å². The van der Waals surface area contributed by atoms with Gasteiger partial charge in [0.25, 0.3) is 5.91 Å². The lowest BCUT2D eigenvalue weighted by Crippen LogP contribution is -2.18. The molecular weight excluding hydrogens is 335 g/mol. The van der Waals surface area contributed by atoms with Gasteiger partial charge in [0.1, 0.15) is 17.4 Å². The molecule has 25 heavy (non-hydrogen) atoms. The van der Waals surface area contributed by atoms with E-state index in [-0.39, 0.29) is 5.75 Å². The number of alkyl halides is 3. The van der Waals surface area contributed by atoms with Crippen LogP contribution < -0.4 is 10.6 Å². The van der Waals surface area contributed by atoms with Crippen molar-refractivity contribution in [3.8, 4) is 11.8 Å². The molecular formula is C17H12F3N3O2. The molecule has 5 nitrogen and oxygen atoms in total. The number of benzene rings is 2. The van der Waals surface area contributed by atoms with Crippen molar-refractivity contribution in [3.63, 3.8) is 0 Å². The Hall–Kier alpha value is -3.47. The third kappa shape index (κ3) is 4.75. The number of para-hydroxylation sites is 1. The highest BCUT2D eigenvalue weighted by Gasteiger charge is 2.33. The Bertz CT molecular complexity index is 837. The van der Waals surface area contributed by atoms with Gasteiger partial charge in [0.2, 0.25) is 0 Å². The molecule has 0 heterocycles. The van der Waals surface area contributed by atoms with Gasteiger partial charge in [-0.25, -0.2) is 0 Å². The maximum atomic E-state index is 12.9. The first-order chi connectivity index (χ1) is 11.8. The van der Waals surface area contributed by atoms with Crippen molar-refractivity contribution in [2.75, 3.05) is 10.6 Å². The maximum Gasteiger partial charge on any atom is 0.418 e. The van der Waals surface area contributed by atoms with E-state index >= 15 is 0 Å². The average molecular weight is 347 g/mol. The van der Waals surface area contributed by atoms with Gasteiger partial charge < -0.3 is 15.7 Å². The van der Waals surface area contributed by atoms with Crippen molar-refractivity contribution in [1.82, 2.24) is 0 Å². The number of rotatable bonds is 4. The Morgan fingerprint density at radius 1 is 1.12 bits per heavy atom. The zero-order valence-electron chi connectivity index (χ0n) is 12.6. The van der Waals surface area contributed by atoms with E-state index in [2.05, 4.69) is 10.6 Å². The smallest absolute Gasteiger partial charge is 0.418 e. The Balaban J connectivity index is 2.17. The summed E-state index contributed by atoms with van der Waals surface area (Å²) in [4.78, 5) is 12.0. The molecule has 0 fully saturated rings.